The lowest BCUT2D eigenvalue weighted by atomic mass is 10.3. The van der Waals surface area contributed by atoms with Gasteiger partial charge in [0, 0.05) is 19.1 Å². The molecule has 0 saturated carbocycles. The molecular formula is C8H19N3O2. The lowest BCUT2D eigenvalue weighted by molar-refractivity contribution is -0.122. The molecule has 0 aromatic heterocycles. The summed E-state index contributed by atoms with van der Waals surface area (Å²) in [6, 6.07) is 0.00336. The quantitative estimate of drug-likeness (QED) is 0.469. The van der Waals surface area contributed by atoms with Crippen molar-refractivity contribution >= 4 is 5.91 Å². The van der Waals surface area contributed by atoms with Crippen molar-refractivity contribution in [1.82, 2.24) is 10.2 Å². The van der Waals surface area contributed by atoms with Gasteiger partial charge in [0.25, 0.3) is 0 Å². The second-order valence-electron chi connectivity index (χ2n) is 3.09. The van der Waals surface area contributed by atoms with E-state index in [1.807, 2.05) is 6.92 Å². The van der Waals surface area contributed by atoms with Gasteiger partial charge in [0.15, 0.2) is 0 Å². The third kappa shape index (κ3) is 5.57. The summed E-state index contributed by atoms with van der Waals surface area (Å²) in [4.78, 5) is 12.9. The number of hydrogen-bond acceptors (Lipinski definition) is 4. The molecule has 0 aliphatic carbocycles. The van der Waals surface area contributed by atoms with Crippen LogP contribution in [0.1, 0.15) is 6.92 Å². The van der Waals surface area contributed by atoms with Crippen LogP contribution in [0.25, 0.3) is 0 Å². The first-order valence-electron chi connectivity index (χ1n) is 4.39. The van der Waals surface area contributed by atoms with Crippen molar-refractivity contribution in [3.8, 4) is 0 Å². The van der Waals surface area contributed by atoms with E-state index in [9.17, 15) is 4.79 Å². The van der Waals surface area contributed by atoms with E-state index in [0.29, 0.717) is 19.6 Å². The summed E-state index contributed by atoms with van der Waals surface area (Å²) in [7, 11) is 1.79. The molecule has 4 N–H and O–H groups in total. The topological polar surface area (TPSA) is 78.6 Å². The molecule has 1 unspecified atom stereocenters. The third-order valence-electron chi connectivity index (χ3n) is 1.88. The van der Waals surface area contributed by atoms with Crippen LogP contribution in [-0.4, -0.2) is 55.2 Å². The van der Waals surface area contributed by atoms with Crippen LogP contribution in [0.5, 0.6) is 0 Å². The molecule has 0 aliphatic heterocycles. The summed E-state index contributed by atoms with van der Waals surface area (Å²) in [5, 5.41) is 11.5. The van der Waals surface area contributed by atoms with Gasteiger partial charge in [-0.1, -0.05) is 0 Å². The Kier molecular flexibility index (Phi) is 6.48. The monoisotopic (exact) mass is 189 g/mol. The van der Waals surface area contributed by atoms with Crippen molar-refractivity contribution in [2.75, 3.05) is 33.3 Å². The molecule has 13 heavy (non-hydrogen) atoms. The molecule has 0 aromatic carbocycles. The number of nitrogens with two attached hydrogens (primary N) is 1. The highest BCUT2D eigenvalue weighted by Crippen LogP contribution is 1.92. The Bertz CT molecular complexity index is 152. The molecule has 1 amide bonds. The molecule has 0 bridgehead atoms. The first-order chi connectivity index (χ1) is 6.11. The smallest absolute Gasteiger partial charge is 0.234 e. The molecule has 78 valence electrons. The maximum atomic E-state index is 11.1. The maximum Gasteiger partial charge on any atom is 0.234 e. The summed E-state index contributed by atoms with van der Waals surface area (Å²) < 4.78 is 0. The number of likely N-dealkylation sites (N-methyl/N-ethyl adjacent to an activating group) is 1. The first kappa shape index (κ1) is 12.3. The molecule has 0 radical (unpaired) electrons. The Hall–Kier alpha value is -0.650. The van der Waals surface area contributed by atoms with E-state index in [-0.39, 0.29) is 18.6 Å². The summed E-state index contributed by atoms with van der Waals surface area (Å²) in [6.07, 6.45) is 0. The van der Waals surface area contributed by atoms with E-state index in [1.54, 1.807) is 11.9 Å². The molecule has 0 aromatic rings. The summed E-state index contributed by atoms with van der Waals surface area (Å²) >= 11 is 0. The minimum absolute atomic E-state index is 0.00336. The lowest BCUT2D eigenvalue weighted by Crippen LogP contribution is -2.42. The van der Waals surface area contributed by atoms with E-state index in [1.165, 1.54) is 0 Å². The van der Waals surface area contributed by atoms with Crippen molar-refractivity contribution in [2.24, 2.45) is 5.73 Å². The zero-order valence-electron chi connectivity index (χ0n) is 8.29. The Labute approximate surface area is 78.9 Å². The molecule has 0 heterocycles. The van der Waals surface area contributed by atoms with Crippen LogP contribution in [0.3, 0.4) is 0 Å². The van der Waals surface area contributed by atoms with Gasteiger partial charge in [-0.25, -0.2) is 0 Å². The fourth-order valence-electron chi connectivity index (χ4n) is 0.789. The van der Waals surface area contributed by atoms with Crippen LogP contribution in [0.15, 0.2) is 0 Å². The van der Waals surface area contributed by atoms with Gasteiger partial charge in [-0.05, 0) is 14.0 Å². The SMILES string of the molecule is CC(CO)N(C)CC(=O)NCCN. The van der Waals surface area contributed by atoms with E-state index in [4.69, 9.17) is 10.8 Å². The Balaban J connectivity index is 3.64. The van der Waals surface area contributed by atoms with E-state index in [0.717, 1.165) is 0 Å². The van der Waals surface area contributed by atoms with Crippen LogP contribution < -0.4 is 11.1 Å². The second kappa shape index (κ2) is 6.82. The maximum absolute atomic E-state index is 11.1. The van der Waals surface area contributed by atoms with E-state index in [2.05, 4.69) is 5.32 Å². The number of nitrogens with one attached hydrogen (secondary N) is 1. The van der Waals surface area contributed by atoms with Crippen LogP contribution in [0.2, 0.25) is 0 Å². The zero-order chi connectivity index (χ0) is 10.3. The molecule has 0 saturated heterocycles. The van der Waals surface area contributed by atoms with Gasteiger partial charge in [0.1, 0.15) is 0 Å². The van der Waals surface area contributed by atoms with Crippen LogP contribution in [0.4, 0.5) is 0 Å². The lowest BCUT2D eigenvalue weighted by Gasteiger charge is -2.21. The number of carbonyl (C=O) groups is 1. The van der Waals surface area contributed by atoms with Gasteiger partial charge < -0.3 is 16.2 Å². The Morgan fingerprint density at radius 1 is 1.69 bits per heavy atom. The van der Waals surface area contributed by atoms with Gasteiger partial charge in [0.05, 0.1) is 13.2 Å². The molecule has 0 spiro atoms. The van der Waals surface area contributed by atoms with Crippen molar-refractivity contribution in [3.63, 3.8) is 0 Å². The number of carbonyl (C=O) groups excluding carboxylic acids is 1. The number of nitrogens with zero attached hydrogens (tertiary/aromatic N) is 1. The highest BCUT2D eigenvalue weighted by atomic mass is 16.3. The molecule has 0 rings (SSSR count). The van der Waals surface area contributed by atoms with Crippen molar-refractivity contribution in [1.29, 1.82) is 0 Å². The first-order valence-corrected chi connectivity index (χ1v) is 4.39. The molecule has 5 heteroatoms. The number of hydrogen-bond donors (Lipinski definition) is 3. The van der Waals surface area contributed by atoms with Gasteiger partial charge in [-0.2, -0.15) is 0 Å². The van der Waals surface area contributed by atoms with Gasteiger partial charge >= 0.3 is 0 Å². The van der Waals surface area contributed by atoms with Crippen molar-refractivity contribution in [2.45, 2.75) is 13.0 Å². The Morgan fingerprint density at radius 3 is 2.77 bits per heavy atom. The summed E-state index contributed by atoms with van der Waals surface area (Å²) in [5.41, 5.74) is 5.23. The fourth-order valence-corrected chi connectivity index (χ4v) is 0.789. The largest absolute Gasteiger partial charge is 0.395 e. The minimum atomic E-state index is -0.0618. The van der Waals surface area contributed by atoms with Gasteiger partial charge in [-0.15, -0.1) is 0 Å². The molecule has 0 fully saturated rings. The average Bonchev–Trinajstić information content (AvgIpc) is 2.13. The standard InChI is InChI=1S/C8H19N3O2/c1-7(6-12)11(2)5-8(13)10-4-3-9/h7,12H,3-6,9H2,1-2H3,(H,10,13). The zero-order valence-corrected chi connectivity index (χ0v) is 8.29. The predicted molar refractivity (Wildman–Crippen MR) is 51.2 cm³/mol. The number of aliphatic hydroxyl groups is 1. The number of aliphatic hydroxyl groups excluding tert-OH is 1. The van der Waals surface area contributed by atoms with E-state index >= 15 is 0 Å². The molecule has 5 nitrogen and oxygen atoms in total. The van der Waals surface area contributed by atoms with Gasteiger partial charge in [0.2, 0.25) is 5.91 Å². The highest BCUT2D eigenvalue weighted by molar-refractivity contribution is 5.77. The van der Waals surface area contributed by atoms with Crippen molar-refractivity contribution < 1.29 is 9.90 Å². The predicted octanol–water partition coefficient (Wildman–Crippen LogP) is -1.63. The second-order valence-corrected chi connectivity index (χ2v) is 3.09. The molecule has 1 atom stereocenters. The third-order valence-corrected chi connectivity index (χ3v) is 1.88. The van der Waals surface area contributed by atoms with Gasteiger partial charge in [-0.3, -0.25) is 9.69 Å². The van der Waals surface area contributed by atoms with Crippen LogP contribution >= 0.6 is 0 Å². The summed E-state index contributed by atoms with van der Waals surface area (Å²) in [6.45, 7) is 3.16. The fraction of sp³-hybridized carbons (Fsp3) is 0.875. The Morgan fingerprint density at radius 2 is 2.31 bits per heavy atom. The molecule has 0 aliphatic rings. The average molecular weight is 189 g/mol. The van der Waals surface area contributed by atoms with Crippen molar-refractivity contribution in [3.05, 3.63) is 0 Å². The van der Waals surface area contributed by atoms with E-state index < -0.39 is 0 Å². The van der Waals surface area contributed by atoms with Crippen LogP contribution in [-0.2, 0) is 4.79 Å². The minimum Gasteiger partial charge on any atom is -0.395 e. The van der Waals surface area contributed by atoms with Crippen LogP contribution in [0, 0.1) is 0 Å². The highest BCUT2D eigenvalue weighted by Gasteiger charge is 2.10. The number of rotatable bonds is 6. The molecular weight excluding hydrogens is 170 g/mol. The summed E-state index contributed by atoms with van der Waals surface area (Å²) in [5.74, 6) is -0.0618. The normalized spacial score (nSPS) is 13.0. The number of amides is 1.